The Hall–Kier alpha value is -2.55. The van der Waals surface area contributed by atoms with Gasteiger partial charge in [0.05, 0.1) is 5.56 Å². The van der Waals surface area contributed by atoms with Gasteiger partial charge in [0, 0.05) is 17.1 Å². The summed E-state index contributed by atoms with van der Waals surface area (Å²) in [6.07, 6.45) is 1.51. The Balaban J connectivity index is 0.000000163. The first-order valence-electron chi connectivity index (χ1n) is 5.99. The lowest BCUT2D eigenvalue weighted by molar-refractivity contribution is 0.0699. The van der Waals surface area contributed by atoms with E-state index in [1.54, 1.807) is 6.07 Å². The van der Waals surface area contributed by atoms with Gasteiger partial charge in [-0.25, -0.2) is 4.79 Å². The molecule has 0 aliphatic carbocycles. The van der Waals surface area contributed by atoms with Crippen LogP contribution in [0.25, 0.3) is 10.9 Å². The van der Waals surface area contributed by atoms with E-state index < -0.39 is 5.97 Å². The van der Waals surface area contributed by atoms with E-state index in [1.807, 2.05) is 36.4 Å². The standard InChI is InChI=1S/C9H7NO2.C7H8/c11-9(12)7-5-10-8-4-2-1-3-6(7)8;1-7-5-3-2-4-6-7/h1-5,10H,(H,11,12);2-6H,1H3. The molecule has 1 heterocycles. The van der Waals surface area contributed by atoms with Crippen molar-refractivity contribution in [2.75, 3.05) is 0 Å². The Kier molecular flexibility index (Phi) is 3.98. The summed E-state index contributed by atoms with van der Waals surface area (Å²) in [5.41, 5.74) is 2.50. The van der Waals surface area contributed by atoms with Crippen LogP contribution in [0.5, 0.6) is 0 Å². The average Bonchev–Trinajstić information content (AvgIpc) is 2.84. The second-order valence-corrected chi connectivity index (χ2v) is 4.21. The molecule has 96 valence electrons. The summed E-state index contributed by atoms with van der Waals surface area (Å²) < 4.78 is 0. The van der Waals surface area contributed by atoms with Gasteiger partial charge in [0.1, 0.15) is 0 Å². The van der Waals surface area contributed by atoms with E-state index in [9.17, 15) is 4.79 Å². The number of rotatable bonds is 1. The maximum absolute atomic E-state index is 10.7. The van der Waals surface area contributed by atoms with Crippen LogP contribution >= 0.6 is 0 Å². The third-order valence-electron chi connectivity index (χ3n) is 2.76. The predicted molar refractivity (Wildman–Crippen MR) is 76.4 cm³/mol. The SMILES string of the molecule is Cc1ccccc1.O=C(O)c1c[nH]c2ccccc12. The van der Waals surface area contributed by atoms with Gasteiger partial charge in [-0.1, -0.05) is 54.1 Å². The lowest BCUT2D eigenvalue weighted by atomic mass is 10.2. The van der Waals surface area contributed by atoms with Crippen LogP contribution in [0.4, 0.5) is 0 Å². The minimum atomic E-state index is -0.896. The number of aromatic carboxylic acids is 1. The Bertz CT molecular complexity index is 671. The van der Waals surface area contributed by atoms with Gasteiger partial charge in [-0.05, 0) is 13.0 Å². The molecule has 0 saturated heterocycles. The summed E-state index contributed by atoms with van der Waals surface area (Å²) in [5, 5.41) is 9.51. The molecule has 0 bridgehead atoms. The van der Waals surface area contributed by atoms with Crippen molar-refractivity contribution in [1.82, 2.24) is 4.98 Å². The normalized spacial score (nSPS) is 9.74. The number of hydrogen-bond acceptors (Lipinski definition) is 1. The number of para-hydroxylation sites is 1. The van der Waals surface area contributed by atoms with Crippen molar-refractivity contribution in [3.63, 3.8) is 0 Å². The highest BCUT2D eigenvalue weighted by atomic mass is 16.4. The van der Waals surface area contributed by atoms with E-state index in [-0.39, 0.29) is 0 Å². The average molecular weight is 253 g/mol. The largest absolute Gasteiger partial charge is 0.478 e. The molecule has 0 radical (unpaired) electrons. The smallest absolute Gasteiger partial charge is 0.337 e. The number of aromatic amines is 1. The quantitative estimate of drug-likeness (QED) is 0.691. The first-order valence-corrected chi connectivity index (χ1v) is 5.99. The maximum atomic E-state index is 10.7. The number of hydrogen-bond donors (Lipinski definition) is 2. The number of carboxylic acids is 1. The molecule has 0 aliphatic rings. The van der Waals surface area contributed by atoms with Crippen LogP contribution in [-0.4, -0.2) is 16.1 Å². The Morgan fingerprint density at radius 3 is 2.21 bits per heavy atom. The zero-order chi connectivity index (χ0) is 13.7. The van der Waals surface area contributed by atoms with Crippen LogP contribution in [0, 0.1) is 6.92 Å². The molecule has 1 aromatic heterocycles. The minimum Gasteiger partial charge on any atom is -0.478 e. The van der Waals surface area contributed by atoms with E-state index >= 15 is 0 Å². The van der Waals surface area contributed by atoms with Gasteiger partial charge in [-0.15, -0.1) is 0 Å². The summed E-state index contributed by atoms with van der Waals surface area (Å²) in [4.78, 5) is 13.5. The number of carbonyl (C=O) groups is 1. The van der Waals surface area contributed by atoms with E-state index in [0.717, 1.165) is 10.9 Å². The van der Waals surface area contributed by atoms with Crippen LogP contribution in [0.15, 0.2) is 60.8 Å². The van der Waals surface area contributed by atoms with Gasteiger partial charge in [-0.3, -0.25) is 0 Å². The zero-order valence-electron chi connectivity index (χ0n) is 10.6. The van der Waals surface area contributed by atoms with Crippen LogP contribution < -0.4 is 0 Å². The molecular weight excluding hydrogens is 238 g/mol. The Morgan fingerprint density at radius 2 is 1.63 bits per heavy atom. The number of fused-ring (bicyclic) bond motifs is 1. The topological polar surface area (TPSA) is 53.1 Å². The number of carboxylic acid groups (broad SMARTS) is 1. The van der Waals surface area contributed by atoms with E-state index in [0.29, 0.717) is 5.56 Å². The monoisotopic (exact) mass is 253 g/mol. The fourth-order valence-corrected chi connectivity index (χ4v) is 1.78. The summed E-state index contributed by atoms with van der Waals surface area (Å²) in [6, 6.07) is 17.6. The fourth-order valence-electron chi connectivity index (χ4n) is 1.78. The summed E-state index contributed by atoms with van der Waals surface area (Å²) in [5.74, 6) is -0.896. The van der Waals surface area contributed by atoms with E-state index in [2.05, 4.69) is 24.0 Å². The molecule has 3 nitrogen and oxygen atoms in total. The van der Waals surface area contributed by atoms with Crippen LogP contribution in [0.1, 0.15) is 15.9 Å². The van der Waals surface area contributed by atoms with Crippen LogP contribution in [0.2, 0.25) is 0 Å². The van der Waals surface area contributed by atoms with Gasteiger partial charge in [0.25, 0.3) is 0 Å². The summed E-state index contributed by atoms with van der Waals surface area (Å²) >= 11 is 0. The maximum Gasteiger partial charge on any atom is 0.337 e. The number of aromatic nitrogens is 1. The summed E-state index contributed by atoms with van der Waals surface area (Å²) in [6.45, 7) is 2.08. The van der Waals surface area contributed by atoms with Gasteiger partial charge in [0.2, 0.25) is 0 Å². The first-order chi connectivity index (χ1) is 9.18. The molecule has 2 aromatic carbocycles. The Labute approximate surface area is 111 Å². The van der Waals surface area contributed by atoms with Gasteiger partial charge in [-0.2, -0.15) is 0 Å². The number of benzene rings is 2. The van der Waals surface area contributed by atoms with Crippen molar-refractivity contribution < 1.29 is 9.90 Å². The van der Waals surface area contributed by atoms with Crippen LogP contribution in [-0.2, 0) is 0 Å². The van der Waals surface area contributed by atoms with Crippen molar-refractivity contribution in [3.05, 3.63) is 71.9 Å². The fraction of sp³-hybridized carbons (Fsp3) is 0.0625. The van der Waals surface area contributed by atoms with E-state index in [1.165, 1.54) is 11.8 Å². The van der Waals surface area contributed by atoms with Crippen molar-refractivity contribution in [1.29, 1.82) is 0 Å². The van der Waals surface area contributed by atoms with Crippen LogP contribution in [0.3, 0.4) is 0 Å². The highest BCUT2D eigenvalue weighted by molar-refractivity contribution is 6.02. The second kappa shape index (κ2) is 5.87. The van der Waals surface area contributed by atoms with Crippen molar-refractivity contribution >= 4 is 16.9 Å². The second-order valence-electron chi connectivity index (χ2n) is 4.21. The van der Waals surface area contributed by atoms with Gasteiger partial charge < -0.3 is 10.1 Å². The van der Waals surface area contributed by atoms with Gasteiger partial charge >= 0.3 is 5.97 Å². The number of nitrogens with one attached hydrogen (secondary N) is 1. The third-order valence-corrected chi connectivity index (χ3v) is 2.76. The minimum absolute atomic E-state index is 0.325. The number of aryl methyl sites for hydroxylation is 1. The molecule has 0 unspecified atom stereocenters. The lowest BCUT2D eigenvalue weighted by Gasteiger charge is -1.89. The zero-order valence-corrected chi connectivity index (χ0v) is 10.6. The molecule has 19 heavy (non-hydrogen) atoms. The Morgan fingerprint density at radius 1 is 1.00 bits per heavy atom. The van der Waals surface area contributed by atoms with Crippen molar-refractivity contribution in [2.24, 2.45) is 0 Å². The number of H-pyrrole nitrogens is 1. The highest BCUT2D eigenvalue weighted by Gasteiger charge is 2.08. The third kappa shape index (κ3) is 3.22. The molecule has 0 aliphatic heterocycles. The van der Waals surface area contributed by atoms with Crippen molar-refractivity contribution in [3.8, 4) is 0 Å². The van der Waals surface area contributed by atoms with Crippen molar-refractivity contribution in [2.45, 2.75) is 6.92 Å². The van der Waals surface area contributed by atoms with E-state index in [4.69, 9.17) is 5.11 Å². The molecule has 0 spiro atoms. The molecule has 3 heteroatoms. The van der Waals surface area contributed by atoms with Gasteiger partial charge in [0.15, 0.2) is 0 Å². The molecule has 2 N–H and O–H groups in total. The first kappa shape index (κ1) is 12.9. The predicted octanol–water partition coefficient (Wildman–Crippen LogP) is 3.86. The lowest BCUT2D eigenvalue weighted by Crippen LogP contribution is -1.92. The molecule has 0 saturated carbocycles. The molecule has 0 fully saturated rings. The highest BCUT2D eigenvalue weighted by Crippen LogP contribution is 2.16. The molecule has 3 aromatic rings. The molecule has 0 atom stereocenters. The molecule has 0 amide bonds. The molecule has 3 rings (SSSR count). The molecular formula is C16H15NO2. The summed E-state index contributed by atoms with van der Waals surface area (Å²) in [7, 11) is 0.